The summed E-state index contributed by atoms with van der Waals surface area (Å²) < 4.78 is 17.3. The molecule has 0 saturated heterocycles. The van der Waals surface area contributed by atoms with Crippen molar-refractivity contribution in [2.45, 2.75) is 199 Å². The van der Waals surface area contributed by atoms with E-state index in [0.717, 1.165) is 70.6 Å². The van der Waals surface area contributed by atoms with Gasteiger partial charge in [-0.25, -0.2) is 4.79 Å². The number of carbonyl (C=O) groups is 3. The minimum Gasteiger partial charge on any atom is -0.477 e. The van der Waals surface area contributed by atoms with Crippen molar-refractivity contribution < 1.29 is 38.2 Å². The second-order valence-electron chi connectivity index (χ2n) is 15.9. The molecule has 2 unspecified atom stereocenters. The summed E-state index contributed by atoms with van der Waals surface area (Å²) in [6.45, 7) is 4.62. The molecule has 0 bridgehead atoms. The molecule has 314 valence electrons. The van der Waals surface area contributed by atoms with Crippen LogP contribution < -0.4 is 0 Å². The van der Waals surface area contributed by atoms with Crippen molar-refractivity contribution in [3.8, 4) is 0 Å². The fourth-order valence-electron chi connectivity index (χ4n) is 6.40. The molecule has 0 radical (unpaired) electrons. The van der Waals surface area contributed by atoms with E-state index in [2.05, 4.69) is 50.3 Å². The summed E-state index contributed by atoms with van der Waals surface area (Å²) in [5.41, 5.74) is 0. The smallest absolute Gasteiger partial charge is 0.362 e. The van der Waals surface area contributed by atoms with Crippen LogP contribution >= 0.6 is 0 Å². The number of nitrogens with zero attached hydrogens (tertiary/aromatic N) is 1. The lowest BCUT2D eigenvalue weighted by Gasteiger charge is -2.31. The summed E-state index contributed by atoms with van der Waals surface area (Å²) in [5, 5.41) is 9.61. The number of likely N-dealkylation sites (N-methyl/N-ethyl adjacent to an activating group) is 1. The highest BCUT2D eigenvalue weighted by Crippen LogP contribution is 2.15. The molecule has 0 aromatic carbocycles. The van der Waals surface area contributed by atoms with Gasteiger partial charge in [0.25, 0.3) is 0 Å². The Morgan fingerprint density at radius 3 is 1.54 bits per heavy atom. The first kappa shape index (κ1) is 51.5. The number of rotatable bonds is 39. The molecule has 1 N–H and O–H groups in total. The third-order valence-electron chi connectivity index (χ3n) is 9.80. The van der Waals surface area contributed by atoms with Gasteiger partial charge in [0.2, 0.25) is 0 Å². The van der Waals surface area contributed by atoms with Gasteiger partial charge in [-0.1, -0.05) is 159 Å². The number of ether oxygens (including phenoxy) is 3. The predicted molar refractivity (Wildman–Crippen MR) is 225 cm³/mol. The second-order valence-corrected chi connectivity index (χ2v) is 15.9. The van der Waals surface area contributed by atoms with E-state index in [1.165, 1.54) is 83.5 Å². The summed E-state index contributed by atoms with van der Waals surface area (Å²) in [6.07, 6.45) is 41.8. The zero-order valence-electron chi connectivity index (χ0n) is 35.7. The molecular formula is C46H84NO7+. The minimum absolute atomic E-state index is 0.0553. The standard InChI is InChI=1S/C46H83NO7/c1-6-8-10-12-14-16-18-20-22-23-25-26-28-30-32-34-36-44(48)53-41-42(40-52-39-38-43(46(50)51)47(3,4)5)54-45(49)37-35-33-31-29-27-24-21-19-17-15-13-11-9-7-2/h8,10,14,16,20,22,42-43H,6-7,9,11-13,15,17-19,21,23-41H2,1-5H3/p+1/b10-8+,16-14+,22-20+. The number of esters is 2. The summed E-state index contributed by atoms with van der Waals surface area (Å²) in [7, 11) is 5.52. The topological polar surface area (TPSA) is 99.1 Å². The second kappa shape index (κ2) is 37.5. The number of quaternary nitrogens is 1. The Morgan fingerprint density at radius 1 is 0.574 bits per heavy atom. The van der Waals surface area contributed by atoms with Crippen LogP contribution in [-0.4, -0.2) is 80.6 Å². The van der Waals surface area contributed by atoms with Gasteiger partial charge < -0.3 is 23.8 Å². The van der Waals surface area contributed by atoms with Gasteiger partial charge in [0.05, 0.1) is 34.4 Å². The van der Waals surface area contributed by atoms with Crippen LogP contribution in [0.3, 0.4) is 0 Å². The van der Waals surface area contributed by atoms with Crippen LogP contribution in [0, 0.1) is 0 Å². The Morgan fingerprint density at radius 2 is 1.04 bits per heavy atom. The van der Waals surface area contributed by atoms with Gasteiger partial charge in [-0.05, 0) is 44.9 Å². The maximum atomic E-state index is 12.7. The molecule has 0 amide bonds. The van der Waals surface area contributed by atoms with E-state index in [0.29, 0.717) is 19.3 Å². The van der Waals surface area contributed by atoms with E-state index in [-0.39, 0.29) is 36.2 Å². The summed E-state index contributed by atoms with van der Waals surface area (Å²) >= 11 is 0. The van der Waals surface area contributed by atoms with E-state index in [9.17, 15) is 19.5 Å². The molecule has 0 aliphatic rings. The Kier molecular flexibility index (Phi) is 35.8. The number of carboxylic acids is 1. The third-order valence-corrected chi connectivity index (χ3v) is 9.80. The fraction of sp³-hybridized carbons (Fsp3) is 0.804. The van der Waals surface area contributed by atoms with Gasteiger partial charge in [0.15, 0.2) is 12.1 Å². The molecule has 0 aromatic rings. The molecule has 8 heteroatoms. The van der Waals surface area contributed by atoms with E-state index in [4.69, 9.17) is 14.2 Å². The van der Waals surface area contributed by atoms with Crippen molar-refractivity contribution in [1.82, 2.24) is 0 Å². The Labute approximate surface area is 332 Å². The summed E-state index contributed by atoms with van der Waals surface area (Å²) in [4.78, 5) is 37.0. The average Bonchev–Trinajstić information content (AvgIpc) is 3.12. The molecule has 0 rings (SSSR count). The Hall–Kier alpha value is -2.45. The van der Waals surface area contributed by atoms with Crippen LogP contribution in [-0.2, 0) is 28.6 Å². The van der Waals surface area contributed by atoms with Gasteiger partial charge in [-0.3, -0.25) is 9.59 Å². The van der Waals surface area contributed by atoms with Crippen LogP contribution in [0.2, 0.25) is 0 Å². The summed E-state index contributed by atoms with van der Waals surface area (Å²) in [5.74, 6) is -1.48. The molecule has 0 spiro atoms. The van der Waals surface area contributed by atoms with Crippen LogP contribution in [0.25, 0.3) is 0 Å². The molecule has 8 nitrogen and oxygen atoms in total. The summed E-state index contributed by atoms with van der Waals surface area (Å²) in [6, 6.07) is -0.614. The largest absolute Gasteiger partial charge is 0.477 e. The van der Waals surface area contributed by atoms with Crippen molar-refractivity contribution in [2.75, 3.05) is 41.0 Å². The number of aliphatic carboxylic acids is 1. The molecule has 0 aromatic heterocycles. The number of hydrogen-bond acceptors (Lipinski definition) is 6. The first-order valence-corrected chi connectivity index (χ1v) is 22.0. The average molecular weight is 763 g/mol. The zero-order chi connectivity index (χ0) is 40.0. The van der Waals surface area contributed by atoms with Crippen LogP contribution in [0.5, 0.6) is 0 Å². The highest BCUT2D eigenvalue weighted by molar-refractivity contribution is 5.72. The lowest BCUT2D eigenvalue weighted by Crippen LogP contribution is -2.50. The van der Waals surface area contributed by atoms with Gasteiger partial charge >= 0.3 is 17.9 Å². The van der Waals surface area contributed by atoms with Crippen LogP contribution in [0.1, 0.15) is 187 Å². The van der Waals surface area contributed by atoms with Gasteiger partial charge in [0, 0.05) is 19.3 Å². The highest BCUT2D eigenvalue weighted by atomic mass is 16.6. The number of hydrogen-bond donors (Lipinski definition) is 1. The lowest BCUT2D eigenvalue weighted by atomic mass is 10.0. The SMILES string of the molecule is CC/C=C/C/C=C/C/C=C/CCCCCCCCC(=O)OCC(COCCC(C(=O)O)[N+](C)(C)C)OC(=O)CCCCCCCCCCCCCCCC. The van der Waals surface area contributed by atoms with Gasteiger partial charge in [-0.2, -0.15) is 0 Å². The molecule has 0 aliphatic heterocycles. The lowest BCUT2D eigenvalue weighted by molar-refractivity contribution is -0.887. The van der Waals surface area contributed by atoms with E-state index < -0.39 is 18.1 Å². The third kappa shape index (κ3) is 35.3. The van der Waals surface area contributed by atoms with E-state index in [1.54, 1.807) is 0 Å². The molecule has 0 heterocycles. The maximum absolute atomic E-state index is 12.7. The molecule has 0 saturated carbocycles. The monoisotopic (exact) mass is 763 g/mol. The predicted octanol–water partition coefficient (Wildman–Crippen LogP) is 11.9. The molecule has 2 atom stereocenters. The Bertz CT molecular complexity index is 984. The van der Waals surface area contributed by atoms with Crippen molar-refractivity contribution in [2.24, 2.45) is 0 Å². The van der Waals surface area contributed by atoms with Crippen LogP contribution in [0.4, 0.5) is 0 Å². The molecule has 0 aliphatic carbocycles. The first-order chi connectivity index (χ1) is 26.1. The van der Waals surface area contributed by atoms with Gasteiger partial charge in [-0.15, -0.1) is 0 Å². The molecular weight excluding hydrogens is 679 g/mol. The van der Waals surface area contributed by atoms with Crippen LogP contribution in [0.15, 0.2) is 36.5 Å². The van der Waals surface area contributed by atoms with Crippen molar-refractivity contribution in [3.63, 3.8) is 0 Å². The van der Waals surface area contributed by atoms with E-state index in [1.807, 2.05) is 21.1 Å². The Balaban J connectivity index is 4.35. The number of carboxylic acid groups (broad SMARTS) is 1. The van der Waals surface area contributed by atoms with Crippen molar-refractivity contribution >= 4 is 17.9 Å². The fourth-order valence-corrected chi connectivity index (χ4v) is 6.40. The number of unbranched alkanes of at least 4 members (excludes halogenated alkanes) is 19. The van der Waals surface area contributed by atoms with Crippen molar-refractivity contribution in [3.05, 3.63) is 36.5 Å². The van der Waals surface area contributed by atoms with E-state index >= 15 is 0 Å². The number of carbonyl (C=O) groups excluding carboxylic acids is 2. The minimum atomic E-state index is -0.876. The zero-order valence-corrected chi connectivity index (χ0v) is 35.7. The quantitative estimate of drug-likeness (QED) is 0.0288. The van der Waals surface area contributed by atoms with Crippen molar-refractivity contribution in [1.29, 1.82) is 0 Å². The van der Waals surface area contributed by atoms with Gasteiger partial charge in [0.1, 0.15) is 6.61 Å². The first-order valence-electron chi connectivity index (χ1n) is 22.0. The maximum Gasteiger partial charge on any atom is 0.362 e. The number of allylic oxidation sites excluding steroid dienone is 6. The molecule has 0 fully saturated rings. The normalized spacial score (nSPS) is 13.3. The molecule has 54 heavy (non-hydrogen) atoms. The highest BCUT2D eigenvalue weighted by Gasteiger charge is 2.31.